The second kappa shape index (κ2) is 6.83. The molecule has 0 aliphatic carbocycles. The Morgan fingerprint density at radius 2 is 1.96 bits per heavy atom. The van der Waals surface area contributed by atoms with Crippen LogP contribution in [0.5, 0.6) is 0 Å². The first kappa shape index (κ1) is 16.8. The van der Waals surface area contributed by atoms with Crippen molar-refractivity contribution in [3.63, 3.8) is 0 Å². The number of nitrogens with two attached hydrogens (primary N) is 1. The third kappa shape index (κ3) is 3.12. The van der Waals surface area contributed by atoms with Crippen molar-refractivity contribution < 1.29 is 9.59 Å². The van der Waals surface area contributed by atoms with Crippen LogP contribution >= 0.6 is 0 Å². The van der Waals surface area contributed by atoms with Crippen molar-refractivity contribution in [1.82, 2.24) is 4.90 Å². The molecule has 1 fully saturated rings. The standard InChI is InChI=1S/C19H27N3O2/c1-13-9-11-22(17-8-4-3-7-16(13)17)14(2)19(24)21-10-5-6-15(12-21)18(20)23/h3-4,7-8,13-15H,5-6,9-12H2,1-2H3,(H2,20,23)/t13-,14-,15+/m1/s1. The Bertz CT molecular complexity index is 631. The van der Waals surface area contributed by atoms with Gasteiger partial charge < -0.3 is 15.5 Å². The van der Waals surface area contributed by atoms with E-state index in [0.717, 1.165) is 32.4 Å². The minimum Gasteiger partial charge on any atom is -0.369 e. The van der Waals surface area contributed by atoms with E-state index in [0.29, 0.717) is 12.5 Å². The van der Waals surface area contributed by atoms with Crippen LogP contribution in [0.25, 0.3) is 0 Å². The Kier molecular flexibility index (Phi) is 4.78. The summed E-state index contributed by atoms with van der Waals surface area (Å²) in [5.74, 6) is 0.125. The van der Waals surface area contributed by atoms with Gasteiger partial charge in [-0.15, -0.1) is 0 Å². The number of benzene rings is 1. The summed E-state index contributed by atoms with van der Waals surface area (Å²) < 4.78 is 0. The number of likely N-dealkylation sites (tertiary alicyclic amines) is 1. The third-order valence-corrected chi connectivity index (χ3v) is 5.54. The van der Waals surface area contributed by atoms with E-state index in [2.05, 4.69) is 30.0 Å². The maximum Gasteiger partial charge on any atom is 0.245 e. The first-order chi connectivity index (χ1) is 11.5. The van der Waals surface area contributed by atoms with Crippen molar-refractivity contribution in [1.29, 1.82) is 0 Å². The van der Waals surface area contributed by atoms with Crippen LogP contribution in [0.3, 0.4) is 0 Å². The van der Waals surface area contributed by atoms with E-state index >= 15 is 0 Å². The van der Waals surface area contributed by atoms with Crippen LogP contribution < -0.4 is 10.6 Å². The molecule has 3 atom stereocenters. The van der Waals surface area contributed by atoms with Gasteiger partial charge in [-0.25, -0.2) is 0 Å². The topological polar surface area (TPSA) is 66.6 Å². The Morgan fingerprint density at radius 3 is 2.71 bits per heavy atom. The number of fused-ring (bicyclic) bond motifs is 1. The van der Waals surface area contributed by atoms with Gasteiger partial charge in [0.25, 0.3) is 0 Å². The molecule has 2 amide bonds. The van der Waals surface area contributed by atoms with Gasteiger partial charge in [0.2, 0.25) is 11.8 Å². The lowest BCUT2D eigenvalue weighted by Crippen LogP contribution is -2.52. The molecule has 130 valence electrons. The fourth-order valence-corrected chi connectivity index (χ4v) is 3.98. The number of carbonyl (C=O) groups excluding carboxylic acids is 2. The lowest BCUT2D eigenvalue weighted by atomic mass is 9.90. The minimum absolute atomic E-state index is 0.102. The second-order valence-corrected chi connectivity index (χ2v) is 7.14. The molecule has 0 saturated carbocycles. The quantitative estimate of drug-likeness (QED) is 0.923. The molecule has 3 rings (SSSR count). The van der Waals surface area contributed by atoms with Crippen LogP contribution in [-0.4, -0.2) is 42.4 Å². The first-order valence-corrected chi connectivity index (χ1v) is 8.92. The molecular weight excluding hydrogens is 302 g/mol. The highest BCUT2D eigenvalue weighted by molar-refractivity contribution is 5.86. The van der Waals surface area contributed by atoms with Gasteiger partial charge in [-0.2, -0.15) is 0 Å². The molecule has 24 heavy (non-hydrogen) atoms. The lowest BCUT2D eigenvalue weighted by Gasteiger charge is -2.41. The molecule has 2 heterocycles. The van der Waals surface area contributed by atoms with Crippen LogP contribution in [0.2, 0.25) is 0 Å². The van der Waals surface area contributed by atoms with Crippen LogP contribution in [0, 0.1) is 5.92 Å². The van der Waals surface area contributed by atoms with Gasteiger partial charge in [-0.1, -0.05) is 25.1 Å². The number of anilines is 1. The zero-order chi connectivity index (χ0) is 17.3. The Hall–Kier alpha value is -2.04. The summed E-state index contributed by atoms with van der Waals surface area (Å²) in [5, 5.41) is 0. The molecule has 0 radical (unpaired) electrons. The molecule has 0 unspecified atom stereocenters. The number of primary amides is 1. The predicted octanol–water partition coefficient (Wildman–Crippen LogP) is 2.11. The van der Waals surface area contributed by atoms with Crippen LogP contribution in [0.15, 0.2) is 24.3 Å². The molecule has 2 N–H and O–H groups in total. The Balaban J connectivity index is 1.77. The summed E-state index contributed by atoms with van der Waals surface area (Å²) in [6.07, 6.45) is 2.69. The molecule has 0 spiro atoms. The van der Waals surface area contributed by atoms with Gasteiger partial charge in [0, 0.05) is 25.3 Å². The number of nitrogens with zero attached hydrogens (tertiary/aromatic N) is 2. The lowest BCUT2D eigenvalue weighted by molar-refractivity contribution is -0.135. The highest BCUT2D eigenvalue weighted by Gasteiger charge is 2.34. The second-order valence-electron chi connectivity index (χ2n) is 7.14. The zero-order valence-electron chi connectivity index (χ0n) is 14.6. The maximum absolute atomic E-state index is 13.0. The predicted molar refractivity (Wildman–Crippen MR) is 94.8 cm³/mol. The molecule has 5 nitrogen and oxygen atoms in total. The van der Waals surface area contributed by atoms with E-state index in [-0.39, 0.29) is 23.8 Å². The van der Waals surface area contributed by atoms with E-state index < -0.39 is 0 Å². The zero-order valence-corrected chi connectivity index (χ0v) is 14.6. The SMILES string of the molecule is C[C@@H]1CCN([C@H](C)C(=O)N2CCC[C@H](C(N)=O)C2)c2ccccc21. The number of hydrogen-bond donors (Lipinski definition) is 1. The molecule has 1 saturated heterocycles. The summed E-state index contributed by atoms with van der Waals surface area (Å²) in [4.78, 5) is 28.5. The van der Waals surface area contributed by atoms with Crippen molar-refractivity contribution in [3.8, 4) is 0 Å². The fourth-order valence-electron chi connectivity index (χ4n) is 3.98. The van der Waals surface area contributed by atoms with E-state index in [9.17, 15) is 9.59 Å². The fraction of sp³-hybridized carbons (Fsp3) is 0.579. The van der Waals surface area contributed by atoms with Gasteiger partial charge in [0.15, 0.2) is 0 Å². The van der Waals surface area contributed by atoms with Crippen molar-refractivity contribution in [3.05, 3.63) is 29.8 Å². The molecule has 5 heteroatoms. The van der Waals surface area contributed by atoms with Crippen molar-refractivity contribution >= 4 is 17.5 Å². The molecular formula is C19H27N3O2. The molecule has 1 aromatic rings. The normalized spacial score (nSPS) is 25.1. The number of amides is 2. The summed E-state index contributed by atoms with van der Waals surface area (Å²) in [6, 6.07) is 8.15. The largest absolute Gasteiger partial charge is 0.369 e. The van der Waals surface area contributed by atoms with E-state index in [1.807, 2.05) is 17.9 Å². The van der Waals surface area contributed by atoms with Crippen LogP contribution in [0.1, 0.15) is 44.6 Å². The van der Waals surface area contributed by atoms with E-state index in [1.54, 1.807) is 0 Å². The summed E-state index contributed by atoms with van der Waals surface area (Å²) >= 11 is 0. The molecule has 2 aliphatic rings. The van der Waals surface area contributed by atoms with E-state index in [4.69, 9.17) is 5.73 Å². The summed E-state index contributed by atoms with van der Waals surface area (Å²) in [6.45, 7) is 6.29. The highest BCUT2D eigenvalue weighted by Crippen LogP contribution is 2.36. The van der Waals surface area contributed by atoms with Crippen molar-refractivity contribution in [2.45, 2.75) is 45.1 Å². The number of para-hydroxylation sites is 1. The first-order valence-electron chi connectivity index (χ1n) is 8.92. The van der Waals surface area contributed by atoms with Gasteiger partial charge >= 0.3 is 0 Å². The maximum atomic E-state index is 13.0. The number of rotatable bonds is 3. The van der Waals surface area contributed by atoms with Gasteiger partial charge in [0.05, 0.1) is 5.92 Å². The molecule has 1 aromatic carbocycles. The van der Waals surface area contributed by atoms with Crippen LogP contribution in [0.4, 0.5) is 5.69 Å². The van der Waals surface area contributed by atoms with Crippen LogP contribution in [-0.2, 0) is 9.59 Å². The monoisotopic (exact) mass is 329 g/mol. The summed E-state index contributed by atoms with van der Waals surface area (Å²) in [7, 11) is 0. The highest BCUT2D eigenvalue weighted by atomic mass is 16.2. The molecule has 0 aromatic heterocycles. The average molecular weight is 329 g/mol. The van der Waals surface area contributed by atoms with E-state index in [1.165, 1.54) is 11.3 Å². The van der Waals surface area contributed by atoms with Gasteiger partial charge in [-0.3, -0.25) is 9.59 Å². The Labute approximate surface area is 143 Å². The van der Waals surface area contributed by atoms with Crippen molar-refractivity contribution in [2.24, 2.45) is 11.7 Å². The smallest absolute Gasteiger partial charge is 0.245 e. The number of piperidine rings is 1. The van der Waals surface area contributed by atoms with Crippen molar-refractivity contribution in [2.75, 3.05) is 24.5 Å². The number of hydrogen-bond acceptors (Lipinski definition) is 3. The summed E-state index contributed by atoms with van der Waals surface area (Å²) in [5.41, 5.74) is 7.92. The van der Waals surface area contributed by atoms with Gasteiger partial charge in [0.1, 0.15) is 6.04 Å². The minimum atomic E-state index is -0.294. The molecule has 2 aliphatic heterocycles. The van der Waals surface area contributed by atoms with Gasteiger partial charge in [-0.05, 0) is 43.7 Å². The number of carbonyl (C=O) groups is 2. The Morgan fingerprint density at radius 1 is 1.21 bits per heavy atom. The third-order valence-electron chi connectivity index (χ3n) is 5.54. The average Bonchev–Trinajstić information content (AvgIpc) is 2.61. The molecule has 0 bridgehead atoms.